The van der Waals surface area contributed by atoms with Gasteiger partial charge in [-0.1, -0.05) is 12.1 Å². The third kappa shape index (κ3) is 3.23. The number of ether oxygens (including phenoxy) is 1. The van der Waals surface area contributed by atoms with Crippen LogP contribution in [0.3, 0.4) is 0 Å². The van der Waals surface area contributed by atoms with Crippen molar-refractivity contribution in [2.45, 2.75) is 25.8 Å². The maximum Gasteiger partial charge on any atom is 0.234 e. The molecular formula is C14H20N2O2. The first-order chi connectivity index (χ1) is 8.66. The van der Waals surface area contributed by atoms with Crippen LogP contribution in [-0.2, 0) is 4.79 Å². The molecule has 0 aliphatic carbocycles. The molecule has 1 heterocycles. The fourth-order valence-corrected chi connectivity index (χ4v) is 2.40. The van der Waals surface area contributed by atoms with Crippen LogP contribution in [-0.4, -0.2) is 36.5 Å². The molecule has 1 aromatic carbocycles. The van der Waals surface area contributed by atoms with Gasteiger partial charge >= 0.3 is 0 Å². The van der Waals surface area contributed by atoms with Crippen molar-refractivity contribution in [1.29, 1.82) is 0 Å². The first-order valence-corrected chi connectivity index (χ1v) is 6.39. The highest BCUT2D eigenvalue weighted by atomic mass is 16.5. The minimum absolute atomic E-state index is 0.105. The van der Waals surface area contributed by atoms with Crippen molar-refractivity contribution in [3.63, 3.8) is 0 Å². The predicted molar refractivity (Wildman–Crippen MR) is 70.5 cm³/mol. The monoisotopic (exact) mass is 248 g/mol. The summed E-state index contributed by atoms with van der Waals surface area (Å²) in [6.07, 6.45) is 1.91. The van der Waals surface area contributed by atoms with Crippen LogP contribution in [0, 0.1) is 6.92 Å². The molecule has 18 heavy (non-hydrogen) atoms. The van der Waals surface area contributed by atoms with Crippen molar-refractivity contribution in [2.75, 3.05) is 19.7 Å². The third-order valence-corrected chi connectivity index (χ3v) is 3.33. The van der Waals surface area contributed by atoms with Gasteiger partial charge in [0.25, 0.3) is 0 Å². The zero-order valence-electron chi connectivity index (χ0n) is 10.8. The molecule has 1 atom stereocenters. The van der Waals surface area contributed by atoms with Gasteiger partial charge < -0.3 is 10.5 Å². The van der Waals surface area contributed by atoms with E-state index in [9.17, 15) is 4.79 Å². The van der Waals surface area contributed by atoms with Gasteiger partial charge in [-0.3, -0.25) is 9.69 Å². The van der Waals surface area contributed by atoms with Gasteiger partial charge in [0.1, 0.15) is 12.4 Å². The Kier molecular flexibility index (Phi) is 4.20. The number of hydrogen-bond acceptors (Lipinski definition) is 3. The average Bonchev–Trinajstić information content (AvgIpc) is 2.77. The predicted octanol–water partition coefficient (Wildman–Crippen LogP) is 1.32. The second kappa shape index (κ2) is 5.87. The summed E-state index contributed by atoms with van der Waals surface area (Å²) in [4.78, 5) is 13.3. The summed E-state index contributed by atoms with van der Waals surface area (Å²) in [5.74, 6) is 0.660. The van der Waals surface area contributed by atoms with Crippen LogP contribution >= 0.6 is 0 Å². The molecule has 4 heteroatoms. The molecular weight excluding hydrogens is 228 g/mol. The number of likely N-dealkylation sites (tertiary alicyclic amines) is 1. The quantitative estimate of drug-likeness (QED) is 0.855. The van der Waals surface area contributed by atoms with E-state index in [1.54, 1.807) is 0 Å². The van der Waals surface area contributed by atoms with E-state index in [2.05, 4.69) is 4.90 Å². The van der Waals surface area contributed by atoms with Gasteiger partial charge in [-0.15, -0.1) is 0 Å². The number of carbonyl (C=O) groups excluding carboxylic acids is 1. The van der Waals surface area contributed by atoms with Crippen LogP contribution < -0.4 is 10.5 Å². The second-order valence-corrected chi connectivity index (χ2v) is 4.76. The van der Waals surface area contributed by atoms with Crippen molar-refractivity contribution < 1.29 is 9.53 Å². The van der Waals surface area contributed by atoms with Crippen LogP contribution in [0.1, 0.15) is 18.4 Å². The Labute approximate surface area is 108 Å². The number of nitrogens with zero attached hydrogens (tertiary/aromatic N) is 1. The highest BCUT2D eigenvalue weighted by Gasteiger charge is 2.28. The van der Waals surface area contributed by atoms with Crippen molar-refractivity contribution >= 4 is 5.91 Å². The Morgan fingerprint density at radius 3 is 3.11 bits per heavy atom. The summed E-state index contributed by atoms with van der Waals surface area (Å²) in [6.45, 7) is 4.32. The van der Waals surface area contributed by atoms with E-state index >= 15 is 0 Å². The van der Waals surface area contributed by atoms with E-state index in [1.165, 1.54) is 5.56 Å². The molecule has 0 spiro atoms. The van der Waals surface area contributed by atoms with Gasteiger partial charge in [0.15, 0.2) is 0 Å². The number of aryl methyl sites for hydroxylation is 1. The second-order valence-electron chi connectivity index (χ2n) is 4.76. The number of primary amides is 1. The van der Waals surface area contributed by atoms with Gasteiger partial charge in [-0.25, -0.2) is 0 Å². The van der Waals surface area contributed by atoms with Gasteiger partial charge in [0.05, 0.1) is 6.04 Å². The summed E-state index contributed by atoms with van der Waals surface area (Å²) in [6, 6.07) is 7.87. The minimum Gasteiger partial charge on any atom is -0.492 e. The molecule has 0 unspecified atom stereocenters. The summed E-state index contributed by atoms with van der Waals surface area (Å²) in [5, 5.41) is 0. The van der Waals surface area contributed by atoms with Crippen LogP contribution in [0.5, 0.6) is 5.75 Å². The lowest BCUT2D eigenvalue weighted by Crippen LogP contribution is -2.42. The van der Waals surface area contributed by atoms with Crippen molar-refractivity contribution in [2.24, 2.45) is 5.73 Å². The van der Waals surface area contributed by atoms with E-state index in [1.807, 2.05) is 31.2 Å². The van der Waals surface area contributed by atoms with Gasteiger partial charge in [0.2, 0.25) is 5.91 Å². The fourth-order valence-electron chi connectivity index (χ4n) is 2.40. The molecule has 1 amide bonds. The van der Waals surface area contributed by atoms with E-state index in [-0.39, 0.29) is 11.9 Å². The van der Waals surface area contributed by atoms with E-state index in [0.717, 1.165) is 31.7 Å². The average molecular weight is 248 g/mol. The molecule has 1 fully saturated rings. The lowest BCUT2D eigenvalue weighted by molar-refractivity contribution is -0.122. The number of hydrogen-bond donors (Lipinski definition) is 1. The molecule has 4 nitrogen and oxygen atoms in total. The molecule has 1 aliphatic heterocycles. The summed E-state index contributed by atoms with van der Waals surface area (Å²) in [7, 11) is 0. The Balaban J connectivity index is 1.80. The maximum atomic E-state index is 11.2. The lowest BCUT2D eigenvalue weighted by Gasteiger charge is -2.21. The first-order valence-electron chi connectivity index (χ1n) is 6.39. The van der Waals surface area contributed by atoms with Gasteiger partial charge in [-0.2, -0.15) is 0 Å². The highest BCUT2D eigenvalue weighted by Crippen LogP contribution is 2.17. The number of amides is 1. The van der Waals surface area contributed by atoms with Gasteiger partial charge in [0, 0.05) is 6.54 Å². The van der Waals surface area contributed by atoms with E-state index in [4.69, 9.17) is 10.5 Å². The highest BCUT2D eigenvalue weighted by molar-refractivity contribution is 5.80. The topological polar surface area (TPSA) is 55.6 Å². The summed E-state index contributed by atoms with van der Waals surface area (Å²) in [5.41, 5.74) is 6.55. The summed E-state index contributed by atoms with van der Waals surface area (Å²) < 4.78 is 5.68. The summed E-state index contributed by atoms with van der Waals surface area (Å²) >= 11 is 0. The van der Waals surface area contributed by atoms with Crippen molar-refractivity contribution in [1.82, 2.24) is 4.90 Å². The molecule has 2 N–H and O–H groups in total. The van der Waals surface area contributed by atoms with Crippen molar-refractivity contribution in [3.05, 3.63) is 29.8 Å². The number of rotatable bonds is 5. The van der Waals surface area contributed by atoms with Crippen LogP contribution in [0.15, 0.2) is 24.3 Å². The lowest BCUT2D eigenvalue weighted by atomic mass is 10.2. The molecule has 98 valence electrons. The van der Waals surface area contributed by atoms with E-state index in [0.29, 0.717) is 6.61 Å². The number of carbonyl (C=O) groups is 1. The molecule has 1 saturated heterocycles. The number of benzene rings is 1. The minimum atomic E-state index is -0.219. The molecule has 0 saturated carbocycles. The molecule has 0 aromatic heterocycles. The molecule has 2 rings (SSSR count). The molecule has 1 aliphatic rings. The maximum absolute atomic E-state index is 11.2. The van der Waals surface area contributed by atoms with Crippen LogP contribution in [0.4, 0.5) is 0 Å². The Hall–Kier alpha value is -1.55. The Morgan fingerprint density at radius 2 is 2.39 bits per heavy atom. The van der Waals surface area contributed by atoms with E-state index < -0.39 is 0 Å². The van der Waals surface area contributed by atoms with Crippen LogP contribution in [0.25, 0.3) is 0 Å². The molecule has 0 radical (unpaired) electrons. The van der Waals surface area contributed by atoms with Gasteiger partial charge in [-0.05, 0) is 44.0 Å². The Bertz CT molecular complexity index is 420. The van der Waals surface area contributed by atoms with Crippen molar-refractivity contribution in [3.8, 4) is 5.75 Å². The third-order valence-electron chi connectivity index (χ3n) is 3.33. The fraction of sp³-hybridized carbons (Fsp3) is 0.500. The Morgan fingerprint density at radius 1 is 1.56 bits per heavy atom. The number of nitrogens with two attached hydrogens (primary N) is 1. The molecule has 0 bridgehead atoms. The van der Waals surface area contributed by atoms with Crippen LogP contribution in [0.2, 0.25) is 0 Å². The SMILES string of the molecule is Cc1cccc(OCCN2CCC[C@H]2C(N)=O)c1. The largest absolute Gasteiger partial charge is 0.492 e. The smallest absolute Gasteiger partial charge is 0.234 e. The zero-order chi connectivity index (χ0) is 13.0. The standard InChI is InChI=1S/C14H20N2O2/c1-11-4-2-5-12(10-11)18-9-8-16-7-3-6-13(16)14(15)17/h2,4-5,10,13H,3,6-9H2,1H3,(H2,15,17)/t13-/m0/s1. The first kappa shape index (κ1) is 12.9. The zero-order valence-corrected chi connectivity index (χ0v) is 10.8. The normalized spacial score (nSPS) is 19.9. The molecule has 1 aromatic rings.